The maximum absolute atomic E-state index is 13.5. The Morgan fingerprint density at radius 3 is 2.31 bits per heavy atom. The summed E-state index contributed by atoms with van der Waals surface area (Å²) in [6.07, 6.45) is 0. The molecule has 0 heterocycles. The molecule has 0 aliphatic rings. The van der Waals surface area contributed by atoms with Crippen molar-refractivity contribution in [2.24, 2.45) is 0 Å². The predicted molar refractivity (Wildman–Crippen MR) is 56.7 cm³/mol. The third-order valence-electron chi connectivity index (χ3n) is 2.34. The van der Waals surface area contributed by atoms with Gasteiger partial charge >= 0.3 is 0 Å². The molecule has 0 aliphatic carbocycles. The summed E-state index contributed by atoms with van der Waals surface area (Å²) in [5.74, 6) is -3.71. The molecule has 0 amide bonds. The Kier molecular flexibility index (Phi) is 4.32. The fourth-order valence-corrected chi connectivity index (χ4v) is 1.52. The molecule has 1 N–H and O–H groups in total. The van der Waals surface area contributed by atoms with Gasteiger partial charge in [-0.25, -0.2) is 13.2 Å². The molecule has 1 rings (SSSR count). The van der Waals surface area contributed by atoms with Crippen LogP contribution in [0, 0.1) is 17.5 Å². The van der Waals surface area contributed by atoms with Crippen LogP contribution >= 0.6 is 0 Å². The average molecular weight is 232 g/mol. The number of hydrogen-bond donors (Lipinski definition) is 1. The lowest BCUT2D eigenvalue weighted by Crippen LogP contribution is -2.29. The molecule has 16 heavy (non-hydrogen) atoms. The van der Waals surface area contributed by atoms with Crippen LogP contribution in [0.4, 0.5) is 13.2 Å². The Morgan fingerprint density at radius 1 is 1.19 bits per heavy atom. The SMILES string of the molecule is CNC(CN(C)C)c1ccc(F)c(F)c1F. The zero-order valence-electron chi connectivity index (χ0n) is 9.52. The topological polar surface area (TPSA) is 15.3 Å². The van der Waals surface area contributed by atoms with Gasteiger partial charge in [0.25, 0.3) is 0 Å². The Bertz CT molecular complexity index is 366. The van der Waals surface area contributed by atoms with Gasteiger partial charge in [-0.15, -0.1) is 0 Å². The first-order valence-corrected chi connectivity index (χ1v) is 4.92. The zero-order valence-corrected chi connectivity index (χ0v) is 9.52. The molecule has 0 spiro atoms. The van der Waals surface area contributed by atoms with Gasteiger partial charge in [-0.2, -0.15) is 0 Å². The number of likely N-dealkylation sites (N-methyl/N-ethyl adjacent to an activating group) is 2. The summed E-state index contributed by atoms with van der Waals surface area (Å²) in [4.78, 5) is 1.84. The quantitative estimate of drug-likeness (QED) is 0.798. The highest BCUT2D eigenvalue weighted by Gasteiger charge is 2.19. The van der Waals surface area contributed by atoms with Crippen LogP contribution in [0.1, 0.15) is 11.6 Å². The van der Waals surface area contributed by atoms with Crippen LogP contribution in [0.5, 0.6) is 0 Å². The maximum Gasteiger partial charge on any atom is 0.194 e. The van der Waals surface area contributed by atoms with Gasteiger partial charge in [-0.3, -0.25) is 0 Å². The molecule has 1 aromatic rings. The molecule has 5 heteroatoms. The lowest BCUT2D eigenvalue weighted by molar-refractivity contribution is 0.341. The van der Waals surface area contributed by atoms with Gasteiger partial charge in [-0.05, 0) is 27.2 Å². The van der Waals surface area contributed by atoms with Gasteiger partial charge < -0.3 is 10.2 Å². The standard InChI is InChI=1S/C11H15F3N2/c1-15-9(6-16(2)3)7-4-5-8(12)11(14)10(7)13/h4-5,9,15H,6H2,1-3H3. The second kappa shape index (κ2) is 5.32. The second-order valence-electron chi connectivity index (χ2n) is 3.87. The molecular formula is C11H15F3N2. The molecule has 0 fully saturated rings. The first-order valence-electron chi connectivity index (χ1n) is 4.92. The van der Waals surface area contributed by atoms with Gasteiger partial charge in [-0.1, -0.05) is 6.07 Å². The van der Waals surface area contributed by atoms with Crippen molar-refractivity contribution in [3.63, 3.8) is 0 Å². The summed E-state index contributed by atoms with van der Waals surface area (Å²) < 4.78 is 39.3. The third kappa shape index (κ3) is 2.74. The molecule has 1 atom stereocenters. The van der Waals surface area contributed by atoms with Crippen LogP contribution in [0.15, 0.2) is 12.1 Å². The van der Waals surface area contributed by atoms with Crippen LogP contribution in [0.3, 0.4) is 0 Å². The van der Waals surface area contributed by atoms with Crippen LogP contribution in [-0.4, -0.2) is 32.6 Å². The minimum Gasteiger partial charge on any atom is -0.312 e. The molecule has 0 radical (unpaired) electrons. The van der Waals surface area contributed by atoms with E-state index in [1.807, 2.05) is 19.0 Å². The highest BCUT2D eigenvalue weighted by atomic mass is 19.2. The zero-order chi connectivity index (χ0) is 12.3. The molecule has 1 unspecified atom stereocenters. The normalized spacial score (nSPS) is 13.2. The summed E-state index contributed by atoms with van der Waals surface area (Å²) >= 11 is 0. The highest BCUT2D eigenvalue weighted by molar-refractivity contribution is 5.24. The van der Waals surface area contributed by atoms with Crippen molar-refractivity contribution in [2.45, 2.75) is 6.04 Å². The fraction of sp³-hybridized carbons (Fsp3) is 0.455. The molecule has 0 aromatic heterocycles. The summed E-state index contributed by atoms with van der Waals surface area (Å²) in [6.45, 7) is 0.499. The van der Waals surface area contributed by atoms with Gasteiger partial charge in [0, 0.05) is 18.2 Å². The summed E-state index contributed by atoms with van der Waals surface area (Å²) in [5.41, 5.74) is 0.134. The molecular weight excluding hydrogens is 217 g/mol. The number of nitrogens with one attached hydrogen (secondary N) is 1. The van der Waals surface area contributed by atoms with E-state index in [0.717, 1.165) is 6.07 Å². The average Bonchev–Trinajstić information content (AvgIpc) is 2.23. The first-order chi connectivity index (χ1) is 7.47. The Morgan fingerprint density at radius 2 is 1.81 bits per heavy atom. The lowest BCUT2D eigenvalue weighted by atomic mass is 10.1. The number of rotatable bonds is 4. The molecule has 0 saturated carbocycles. The minimum absolute atomic E-state index is 0.134. The minimum atomic E-state index is -1.42. The van der Waals surface area contributed by atoms with E-state index in [-0.39, 0.29) is 11.6 Å². The smallest absolute Gasteiger partial charge is 0.194 e. The molecule has 2 nitrogen and oxygen atoms in total. The van der Waals surface area contributed by atoms with Crippen molar-refractivity contribution in [3.05, 3.63) is 35.1 Å². The summed E-state index contributed by atoms with van der Waals surface area (Å²) in [7, 11) is 5.29. The molecule has 90 valence electrons. The molecule has 0 saturated heterocycles. The number of halogens is 3. The van der Waals surface area contributed by atoms with Crippen LogP contribution in [0.2, 0.25) is 0 Å². The fourth-order valence-electron chi connectivity index (χ4n) is 1.52. The van der Waals surface area contributed by atoms with Gasteiger partial charge in [0.1, 0.15) is 0 Å². The lowest BCUT2D eigenvalue weighted by Gasteiger charge is -2.21. The van der Waals surface area contributed by atoms with E-state index in [1.165, 1.54) is 6.07 Å². The summed E-state index contributed by atoms with van der Waals surface area (Å²) in [5, 5.41) is 2.87. The molecule has 0 bridgehead atoms. The van der Waals surface area contributed by atoms with Crippen LogP contribution < -0.4 is 5.32 Å². The van der Waals surface area contributed by atoms with Crippen LogP contribution in [-0.2, 0) is 0 Å². The van der Waals surface area contributed by atoms with E-state index in [9.17, 15) is 13.2 Å². The Hall–Kier alpha value is -1.07. The molecule has 0 aliphatic heterocycles. The largest absolute Gasteiger partial charge is 0.312 e. The van der Waals surface area contributed by atoms with Crippen LogP contribution in [0.25, 0.3) is 0 Å². The molecule has 1 aromatic carbocycles. The Balaban J connectivity index is 3.06. The Labute approximate surface area is 93.1 Å². The van der Waals surface area contributed by atoms with E-state index in [4.69, 9.17) is 0 Å². The van der Waals surface area contributed by atoms with E-state index >= 15 is 0 Å². The first kappa shape index (κ1) is 13.0. The van der Waals surface area contributed by atoms with Gasteiger partial charge in [0.2, 0.25) is 0 Å². The van der Waals surface area contributed by atoms with Gasteiger partial charge in [0.05, 0.1) is 0 Å². The van der Waals surface area contributed by atoms with Crippen molar-refractivity contribution in [3.8, 4) is 0 Å². The second-order valence-corrected chi connectivity index (χ2v) is 3.87. The van der Waals surface area contributed by atoms with E-state index < -0.39 is 17.5 Å². The van der Waals surface area contributed by atoms with Crippen molar-refractivity contribution < 1.29 is 13.2 Å². The number of nitrogens with zero attached hydrogens (tertiary/aromatic N) is 1. The van der Waals surface area contributed by atoms with Crippen molar-refractivity contribution in [2.75, 3.05) is 27.7 Å². The summed E-state index contributed by atoms with van der Waals surface area (Å²) in [6, 6.07) is 1.83. The van der Waals surface area contributed by atoms with Crippen molar-refractivity contribution >= 4 is 0 Å². The maximum atomic E-state index is 13.5. The number of benzene rings is 1. The predicted octanol–water partition coefficient (Wildman–Crippen LogP) is 1.93. The van der Waals surface area contributed by atoms with Crippen molar-refractivity contribution in [1.82, 2.24) is 10.2 Å². The van der Waals surface area contributed by atoms with Gasteiger partial charge in [0.15, 0.2) is 17.5 Å². The van der Waals surface area contributed by atoms with Crippen molar-refractivity contribution in [1.29, 1.82) is 0 Å². The highest BCUT2D eigenvalue weighted by Crippen LogP contribution is 2.21. The number of hydrogen-bond acceptors (Lipinski definition) is 2. The van der Waals surface area contributed by atoms with E-state index in [1.54, 1.807) is 7.05 Å². The van der Waals surface area contributed by atoms with E-state index in [0.29, 0.717) is 6.54 Å². The van der Waals surface area contributed by atoms with E-state index in [2.05, 4.69) is 5.32 Å². The monoisotopic (exact) mass is 232 g/mol. The third-order valence-corrected chi connectivity index (χ3v) is 2.34.